The van der Waals surface area contributed by atoms with Gasteiger partial charge in [-0.3, -0.25) is 0 Å². The second kappa shape index (κ2) is 4.07. The number of hydrogen-bond acceptors (Lipinski definition) is 0. The third-order valence-electron chi connectivity index (χ3n) is 3.07. The van der Waals surface area contributed by atoms with Crippen LogP contribution in [0.1, 0.15) is 29.5 Å². The standard InChI is InChI=1S/C7H9.C5H5.CH2.Zr.2H/c1-6-4-3-5-7(6)2;1-2-4-5-3-1;;;;/h4H,5H2,1-2H3;1-3H,4H2;1H2;;;/q;;;;2*-1. The van der Waals surface area contributed by atoms with Crippen molar-refractivity contribution in [2.45, 2.75) is 26.7 Å². The van der Waals surface area contributed by atoms with Crippen LogP contribution in [0.2, 0.25) is 0 Å². The Kier molecular flexibility index (Phi) is 2.97. The summed E-state index contributed by atoms with van der Waals surface area (Å²) in [6.45, 7) is 4.47. The normalized spacial score (nSPS) is 20.1. The second-order valence-corrected chi connectivity index (χ2v) is 9.62. The van der Waals surface area contributed by atoms with Gasteiger partial charge in [-0.05, 0) is 0 Å². The molecule has 0 atom stereocenters. The van der Waals surface area contributed by atoms with Gasteiger partial charge in [0.25, 0.3) is 0 Å². The molecular weight excluding hydrogens is 247 g/mol. The summed E-state index contributed by atoms with van der Waals surface area (Å²) in [5.41, 5.74) is 3.03. The van der Waals surface area contributed by atoms with Crippen molar-refractivity contribution in [3.8, 4) is 0 Å². The van der Waals surface area contributed by atoms with E-state index >= 15 is 0 Å². The molecule has 0 fully saturated rings. The summed E-state index contributed by atoms with van der Waals surface area (Å²) in [6, 6.07) is 0. The Balaban J connectivity index is 0.00000112. The van der Waals surface area contributed by atoms with Gasteiger partial charge in [0.05, 0.1) is 0 Å². The molecule has 0 unspecified atom stereocenters. The van der Waals surface area contributed by atoms with E-state index in [1.807, 2.05) is 0 Å². The summed E-state index contributed by atoms with van der Waals surface area (Å²) in [5, 5.41) is 0. The molecule has 0 nitrogen and oxygen atoms in total. The molecule has 0 bridgehead atoms. The molecule has 2 aliphatic rings. The zero-order valence-electron chi connectivity index (χ0n) is 10.9. The minimum Gasteiger partial charge on any atom is -1.00 e. The molecule has 0 aromatic heterocycles. The van der Waals surface area contributed by atoms with E-state index in [0.717, 1.165) is 0 Å². The van der Waals surface area contributed by atoms with Crippen molar-refractivity contribution in [2.75, 3.05) is 0 Å². The first kappa shape index (κ1) is 10.2. The summed E-state index contributed by atoms with van der Waals surface area (Å²) in [6.07, 6.45) is 11.5. The monoisotopic (exact) mass is 264 g/mol. The van der Waals surface area contributed by atoms with Crippen molar-refractivity contribution in [1.29, 1.82) is 0 Å². The minimum absolute atomic E-state index is 0. The van der Waals surface area contributed by atoms with Gasteiger partial charge >= 0.3 is 94.2 Å². The third-order valence-corrected chi connectivity index (χ3v) is 8.58. The molecule has 0 saturated heterocycles. The topological polar surface area (TPSA) is 0 Å². The molecule has 1 heteroatoms. The molecule has 0 amide bonds. The van der Waals surface area contributed by atoms with E-state index in [4.69, 9.17) is 0 Å². The molecule has 0 heterocycles. The molecule has 14 heavy (non-hydrogen) atoms. The predicted molar refractivity (Wildman–Crippen MR) is 62.3 cm³/mol. The van der Waals surface area contributed by atoms with Crippen LogP contribution in [0.4, 0.5) is 0 Å². The fourth-order valence-electron chi connectivity index (χ4n) is 1.93. The molecule has 0 saturated carbocycles. The number of allylic oxidation sites excluding steroid dienone is 8. The predicted octanol–water partition coefficient (Wildman–Crippen LogP) is 3.73. The average Bonchev–Trinajstić information content (AvgIpc) is 2.76. The Morgan fingerprint density at radius 3 is 2.64 bits per heavy atom. The quantitative estimate of drug-likeness (QED) is 0.714. The maximum Gasteiger partial charge on any atom is -1.00 e. The number of rotatable bonds is 2. The Hall–Kier alpha value is -0.287. The van der Waals surface area contributed by atoms with E-state index in [2.05, 4.69) is 42.4 Å². The Morgan fingerprint density at radius 2 is 2.14 bits per heavy atom. The zero-order valence-corrected chi connectivity index (χ0v) is 11.4. The van der Waals surface area contributed by atoms with Crippen LogP contribution >= 0.6 is 0 Å². The van der Waals surface area contributed by atoms with Crippen molar-refractivity contribution < 1.29 is 24.1 Å². The molecule has 0 radical (unpaired) electrons. The van der Waals surface area contributed by atoms with E-state index < -0.39 is 21.3 Å². The fraction of sp³-hybridized carbons (Fsp3) is 0.308. The van der Waals surface area contributed by atoms with Crippen LogP contribution in [0.3, 0.4) is 0 Å². The van der Waals surface area contributed by atoms with Gasteiger partial charge in [-0.15, -0.1) is 0 Å². The van der Waals surface area contributed by atoms with Gasteiger partial charge in [0, 0.05) is 0 Å². The van der Waals surface area contributed by atoms with Crippen LogP contribution in [0.25, 0.3) is 0 Å². The Labute approximate surface area is 96.8 Å². The van der Waals surface area contributed by atoms with Crippen LogP contribution in [-0.4, -0.2) is 4.21 Å². The third kappa shape index (κ3) is 1.88. The Morgan fingerprint density at radius 1 is 1.36 bits per heavy atom. The van der Waals surface area contributed by atoms with Crippen molar-refractivity contribution in [3.05, 3.63) is 42.0 Å². The van der Waals surface area contributed by atoms with Gasteiger partial charge in [0.1, 0.15) is 0 Å². The Bertz CT molecular complexity index is 412. The van der Waals surface area contributed by atoms with Crippen LogP contribution in [0.5, 0.6) is 0 Å². The van der Waals surface area contributed by atoms with E-state index in [0.29, 0.717) is 0 Å². The second-order valence-electron chi connectivity index (χ2n) is 4.11. The van der Waals surface area contributed by atoms with Gasteiger partial charge in [-0.25, -0.2) is 0 Å². The fourth-order valence-corrected chi connectivity index (χ4v) is 6.71. The van der Waals surface area contributed by atoms with Gasteiger partial charge in [0.15, 0.2) is 0 Å². The van der Waals surface area contributed by atoms with Gasteiger partial charge in [0.2, 0.25) is 0 Å². The summed E-state index contributed by atoms with van der Waals surface area (Å²) in [4.78, 5) is 0. The van der Waals surface area contributed by atoms with Crippen LogP contribution in [0, 0.1) is 0 Å². The smallest absolute Gasteiger partial charge is 1.00 e. The molecule has 0 spiro atoms. The van der Waals surface area contributed by atoms with E-state index in [9.17, 15) is 0 Å². The summed E-state index contributed by atoms with van der Waals surface area (Å²) in [7, 11) is 0. The van der Waals surface area contributed by atoms with E-state index in [1.165, 1.54) is 18.4 Å². The van der Waals surface area contributed by atoms with Crippen molar-refractivity contribution in [2.24, 2.45) is 0 Å². The molecule has 0 N–H and O–H groups in total. The van der Waals surface area contributed by atoms with E-state index in [-0.39, 0.29) is 2.85 Å². The first-order chi connectivity index (χ1) is 6.68. The SMILES string of the molecule is [CH2]=[Zr]([C]1=CC=CC1)[C]1=CC(C)=C(C)C1.[H-].[H-]. The molecule has 0 aromatic carbocycles. The van der Waals surface area contributed by atoms with Crippen molar-refractivity contribution in [3.63, 3.8) is 0 Å². The van der Waals surface area contributed by atoms with Gasteiger partial charge in [-0.1, -0.05) is 0 Å². The van der Waals surface area contributed by atoms with Crippen LogP contribution < -0.4 is 0 Å². The first-order valence-corrected chi connectivity index (χ1v) is 9.30. The average molecular weight is 266 g/mol. The van der Waals surface area contributed by atoms with Gasteiger partial charge in [-0.2, -0.15) is 0 Å². The van der Waals surface area contributed by atoms with Crippen LogP contribution in [0.15, 0.2) is 42.0 Å². The minimum atomic E-state index is -1.60. The molecule has 0 aromatic rings. The molecule has 76 valence electrons. The van der Waals surface area contributed by atoms with Gasteiger partial charge < -0.3 is 2.85 Å². The van der Waals surface area contributed by atoms with Crippen molar-refractivity contribution in [1.82, 2.24) is 0 Å². The maximum absolute atomic E-state index is 4.46. The summed E-state index contributed by atoms with van der Waals surface area (Å²) < 4.78 is 7.80. The molecular formula is C13H18Zr-2. The number of hydrogen-bond donors (Lipinski definition) is 0. The first-order valence-electron chi connectivity index (χ1n) is 5.11. The largest absolute Gasteiger partial charge is 1.00 e. The molecule has 2 aliphatic carbocycles. The summed E-state index contributed by atoms with van der Waals surface area (Å²) >= 11 is -1.60. The molecule has 0 aliphatic heterocycles. The maximum atomic E-state index is 4.46. The zero-order chi connectivity index (χ0) is 10.1. The van der Waals surface area contributed by atoms with E-state index in [1.54, 1.807) is 12.1 Å². The van der Waals surface area contributed by atoms with Crippen molar-refractivity contribution >= 4 is 4.21 Å². The summed E-state index contributed by atoms with van der Waals surface area (Å²) in [5.74, 6) is 0. The molecule has 2 rings (SSSR count). The van der Waals surface area contributed by atoms with Crippen LogP contribution in [-0.2, 0) is 21.3 Å².